The summed E-state index contributed by atoms with van der Waals surface area (Å²) in [5.41, 5.74) is 6.44. The third kappa shape index (κ3) is 2.71. The topological polar surface area (TPSA) is 44.5 Å². The van der Waals surface area contributed by atoms with Crippen molar-refractivity contribution < 1.29 is 9.47 Å². The minimum atomic E-state index is -0.00907. The molecule has 1 aliphatic heterocycles. The summed E-state index contributed by atoms with van der Waals surface area (Å²) in [5, 5.41) is 0. The van der Waals surface area contributed by atoms with E-state index in [0.29, 0.717) is 12.5 Å². The average molecular weight is 261 g/mol. The van der Waals surface area contributed by atoms with Gasteiger partial charge in [-0.25, -0.2) is 0 Å². The van der Waals surface area contributed by atoms with Crippen LogP contribution < -0.4 is 15.2 Å². The standard InChI is InChI=1S/C16H23NO2/c1-11-5-4-6-12(9-11)16(17)15-10-18-13-7-2-3-8-14(13)19-15/h2-3,7-8,11-12,15-16H,4-6,9-10,17H2,1H3. The molecule has 4 atom stereocenters. The highest BCUT2D eigenvalue weighted by molar-refractivity contribution is 5.40. The molecule has 1 aromatic carbocycles. The van der Waals surface area contributed by atoms with Gasteiger partial charge in [-0.05, 0) is 36.8 Å². The van der Waals surface area contributed by atoms with Crippen LogP contribution in [0.5, 0.6) is 11.5 Å². The van der Waals surface area contributed by atoms with E-state index in [1.54, 1.807) is 0 Å². The third-order valence-electron chi connectivity index (χ3n) is 4.48. The average Bonchev–Trinajstić information content (AvgIpc) is 2.46. The molecule has 0 radical (unpaired) electrons. The Hall–Kier alpha value is -1.22. The van der Waals surface area contributed by atoms with E-state index in [4.69, 9.17) is 15.2 Å². The molecule has 1 heterocycles. The van der Waals surface area contributed by atoms with Crippen LogP contribution in [0.4, 0.5) is 0 Å². The molecule has 3 nitrogen and oxygen atoms in total. The molecule has 1 fully saturated rings. The van der Waals surface area contributed by atoms with Crippen molar-refractivity contribution in [1.29, 1.82) is 0 Å². The first-order valence-electron chi connectivity index (χ1n) is 7.38. The highest BCUT2D eigenvalue weighted by Gasteiger charge is 2.33. The number of benzene rings is 1. The van der Waals surface area contributed by atoms with Crippen molar-refractivity contribution in [3.63, 3.8) is 0 Å². The lowest BCUT2D eigenvalue weighted by Gasteiger charge is -2.37. The van der Waals surface area contributed by atoms with E-state index in [-0.39, 0.29) is 12.1 Å². The lowest BCUT2D eigenvalue weighted by Crippen LogP contribution is -2.50. The molecule has 1 aliphatic carbocycles. The van der Waals surface area contributed by atoms with E-state index in [9.17, 15) is 0 Å². The van der Waals surface area contributed by atoms with Gasteiger partial charge in [-0.2, -0.15) is 0 Å². The molecule has 4 unspecified atom stereocenters. The highest BCUT2D eigenvalue weighted by Crippen LogP contribution is 2.35. The minimum absolute atomic E-state index is 0.00907. The molecule has 1 saturated carbocycles. The Bertz CT molecular complexity index is 435. The molecule has 3 heteroatoms. The number of fused-ring (bicyclic) bond motifs is 1. The molecule has 19 heavy (non-hydrogen) atoms. The number of nitrogens with two attached hydrogens (primary N) is 1. The Morgan fingerprint density at radius 2 is 2.00 bits per heavy atom. The molecule has 2 aliphatic rings. The van der Waals surface area contributed by atoms with E-state index in [1.807, 2.05) is 24.3 Å². The summed E-state index contributed by atoms with van der Waals surface area (Å²) in [5.74, 6) is 3.03. The Labute approximate surface area is 115 Å². The van der Waals surface area contributed by atoms with Crippen LogP contribution in [0, 0.1) is 11.8 Å². The molecule has 0 bridgehead atoms. The molecule has 3 rings (SSSR count). The summed E-state index contributed by atoms with van der Waals surface area (Å²) in [7, 11) is 0. The van der Waals surface area contributed by atoms with Crippen molar-refractivity contribution in [2.24, 2.45) is 17.6 Å². The first-order chi connectivity index (χ1) is 9.24. The van der Waals surface area contributed by atoms with E-state index >= 15 is 0 Å². The zero-order valence-electron chi connectivity index (χ0n) is 11.5. The lowest BCUT2D eigenvalue weighted by atomic mass is 9.77. The van der Waals surface area contributed by atoms with Crippen LogP contribution in [0.15, 0.2) is 24.3 Å². The molecule has 2 N–H and O–H groups in total. The molecule has 1 aromatic rings. The second kappa shape index (κ2) is 5.41. The molecule has 0 amide bonds. The van der Waals surface area contributed by atoms with Gasteiger partial charge < -0.3 is 15.2 Å². The number of hydrogen-bond acceptors (Lipinski definition) is 3. The predicted octanol–water partition coefficient (Wildman–Crippen LogP) is 2.98. The maximum absolute atomic E-state index is 6.44. The maximum atomic E-state index is 6.44. The molecule has 104 valence electrons. The van der Waals surface area contributed by atoms with E-state index < -0.39 is 0 Å². The molecule has 0 aromatic heterocycles. The van der Waals surface area contributed by atoms with Crippen molar-refractivity contribution in [2.75, 3.05) is 6.61 Å². The van der Waals surface area contributed by atoms with Crippen LogP contribution in [-0.2, 0) is 0 Å². The fraction of sp³-hybridized carbons (Fsp3) is 0.625. The van der Waals surface area contributed by atoms with Gasteiger partial charge in [0.1, 0.15) is 12.7 Å². The predicted molar refractivity (Wildman–Crippen MR) is 75.5 cm³/mol. The monoisotopic (exact) mass is 261 g/mol. The maximum Gasteiger partial charge on any atom is 0.161 e. The molecule has 0 saturated heterocycles. The summed E-state index contributed by atoms with van der Waals surface area (Å²) in [4.78, 5) is 0. The van der Waals surface area contributed by atoms with Gasteiger partial charge in [0.2, 0.25) is 0 Å². The number of ether oxygens (including phenoxy) is 2. The first-order valence-corrected chi connectivity index (χ1v) is 7.38. The Morgan fingerprint density at radius 3 is 2.79 bits per heavy atom. The third-order valence-corrected chi connectivity index (χ3v) is 4.48. The summed E-state index contributed by atoms with van der Waals surface area (Å²) >= 11 is 0. The Balaban J connectivity index is 1.67. The van der Waals surface area contributed by atoms with E-state index in [2.05, 4.69) is 6.92 Å². The van der Waals surface area contributed by atoms with Crippen molar-refractivity contribution in [3.8, 4) is 11.5 Å². The Morgan fingerprint density at radius 1 is 1.21 bits per heavy atom. The van der Waals surface area contributed by atoms with Gasteiger partial charge in [0.05, 0.1) is 0 Å². The Kier molecular flexibility index (Phi) is 3.65. The smallest absolute Gasteiger partial charge is 0.161 e. The number of hydrogen-bond donors (Lipinski definition) is 1. The summed E-state index contributed by atoms with van der Waals surface area (Å²) in [6.45, 7) is 2.90. The van der Waals surface area contributed by atoms with Crippen LogP contribution in [0.3, 0.4) is 0 Å². The van der Waals surface area contributed by atoms with Crippen LogP contribution in [0.1, 0.15) is 32.6 Å². The van der Waals surface area contributed by atoms with Crippen LogP contribution in [0.25, 0.3) is 0 Å². The second-order valence-corrected chi connectivity index (χ2v) is 6.02. The number of rotatable bonds is 2. The van der Waals surface area contributed by atoms with E-state index in [1.165, 1.54) is 25.7 Å². The van der Waals surface area contributed by atoms with Crippen molar-refractivity contribution in [1.82, 2.24) is 0 Å². The largest absolute Gasteiger partial charge is 0.486 e. The fourth-order valence-corrected chi connectivity index (χ4v) is 3.36. The molecule has 0 spiro atoms. The zero-order chi connectivity index (χ0) is 13.2. The summed E-state index contributed by atoms with van der Waals surface area (Å²) in [6, 6.07) is 7.91. The van der Waals surface area contributed by atoms with Crippen molar-refractivity contribution in [3.05, 3.63) is 24.3 Å². The normalized spacial score (nSPS) is 31.8. The zero-order valence-corrected chi connectivity index (χ0v) is 11.5. The van der Waals surface area contributed by atoms with Gasteiger partial charge in [-0.15, -0.1) is 0 Å². The first kappa shape index (κ1) is 12.8. The van der Waals surface area contributed by atoms with E-state index in [0.717, 1.165) is 17.4 Å². The van der Waals surface area contributed by atoms with Gasteiger partial charge in [-0.3, -0.25) is 0 Å². The summed E-state index contributed by atoms with van der Waals surface area (Å²) in [6.07, 6.45) is 5.08. The van der Waals surface area contributed by atoms with Crippen LogP contribution in [-0.4, -0.2) is 18.8 Å². The number of para-hydroxylation sites is 2. The van der Waals surface area contributed by atoms with Crippen molar-refractivity contribution in [2.45, 2.75) is 44.8 Å². The van der Waals surface area contributed by atoms with Gasteiger partial charge >= 0.3 is 0 Å². The van der Waals surface area contributed by atoms with Crippen LogP contribution in [0.2, 0.25) is 0 Å². The van der Waals surface area contributed by atoms with Crippen molar-refractivity contribution >= 4 is 0 Å². The van der Waals surface area contributed by atoms with Gasteiger partial charge in [0.15, 0.2) is 11.5 Å². The SMILES string of the molecule is CC1CCCC(C(N)C2COc3ccccc3O2)C1. The van der Waals surface area contributed by atoms with Gasteiger partial charge in [0, 0.05) is 6.04 Å². The molecular weight excluding hydrogens is 238 g/mol. The van der Waals surface area contributed by atoms with Crippen LogP contribution >= 0.6 is 0 Å². The minimum Gasteiger partial charge on any atom is -0.486 e. The second-order valence-electron chi connectivity index (χ2n) is 6.02. The fourth-order valence-electron chi connectivity index (χ4n) is 3.36. The lowest BCUT2D eigenvalue weighted by molar-refractivity contribution is 0.0458. The molecular formula is C16H23NO2. The van der Waals surface area contributed by atoms with Gasteiger partial charge in [0.25, 0.3) is 0 Å². The summed E-state index contributed by atoms with van der Waals surface area (Å²) < 4.78 is 11.8. The highest BCUT2D eigenvalue weighted by atomic mass is 16.6. The quantitative estimate of drug-likeness (QED) is 0.890. The van der Waals surface area contributed by atoms with Gasteiger partial charge in [-0.1, -0.05) is 31.9 Å².